The average Bonchev–Trinajstić information content (AvgIpc) is 2.23. The van der Waals surface area contributed by atoms with Gasteiger partial charge in [0.25, 0.3) is 5.91 Å². The van der Waals surface area contributed by atoms with Crippen LogP contribution >= 0.6 is 0 Å². The zero-order chi connectivity index (χ0) is 9.97. The number of benzene rings is 1. The summed E-state index contributed by atoms with van der Waals surface area (Å²) >= 11 is 0. The van der Waals surface area contributed by atoms with Crippen molar-refractivity contribution in [3.63, 3.8) is 0 Å². The summed E-state index contributed by atoms with van der Waals surface area (Å²) in [5.41, 5.74) is 0.907. The quantitative estimate of drug-likeness (QED) is 0.637. The largest absolute Gasteiger partial charge is 0.342 e. The highest BCUT2D eigenvalue weighted by Crippen LogP contribution is 2.17. The predicted molar refractivity (Wildman–Crippen MR) is 53.4 cm³/mol. The molecule has 0 atom stereocenters. The van der Waals surface area contributed by atoms with E-state index in [9.17, 15) is 4.79 Å². The van der Waals surface area contributed by atoms with Crippen LogP contribution in [0.1, 0.15) is 5.56 Å². The fraction of sp³-hybridized carbons (Fsp3) is 0.273. The zero-order valence-electron chi connectivity index (χ0n) is 8.10. The van der Waals surface area contributed by atoms with Crippen LogP contribution in [0.3, 0.4) is 0 Å². The molecule has 2 radical (unpaired) electrons. The molecule has 1 aliphatic heterocycles. The van der Waals surface area contributed by atoms with E-state index in [1.807, 2.05) is 30.3 Å². The summed E-state index contributed by atoms with van der Waals surface area (Å²) in [5.74, 6) is 0.0162. The number of rotatable bonds is 1. The van der Waals surface area contributed by atoms with Crippen molar-refractivity contribution in [2.24, 2.45) is 0 Å². The Hall–Kier alpha value is -1.35. The van der Waals surface area contributed by atoms with Crippen molar-refractivity contribution in [3.8, 4) is 0 Å². The lowest BCUT2D eigenvalue weighted by molar-refractivity contribution is -0.129. The predicted octanol–water partition coefficient (Wildman–Crippen LogP) is 0.643. The Bertz CT molecular complexity index is 323. The number of hydrogen-bond acceptors (Lipinski definition) is 1. The molecule has 0 aliphatic carbocycles. The molecule has 1 amide bonds. The van der Waals surface area contributed by atoms with E-state index < -0.39 is 0 Å². The molecular weight excluding hydrogens is 176 g/mol. The summed E-state index contributed by atoms with van der Waals surface area (Å²) in [4.78, 5) is 13.4. The van der Waals surface area contributed by atoms with Crippen molar-refractivity contribution in [2.45, 2.75) is 0 Å². The van der Waals surface area contributed by atoms with Crippen LogP contribution in [0.2, 0.25) is 0 Å². The summed E-state index contributed by atoms with van der Waals surface area (Å²) in [6, 6.07) is 10.2. The first-order chi connectivity index (χ1) is 6.79. The minimum absolute atomic E-state index is 0.0162. The Balaban J connectivity index is 2.22. The molecule has 0 aromatic heterocycles. The van der Waals surface area contributed by atoms with Crippen LogP contribution < -0.4 is 5.32 Å². The maximum absolute atomic E-state index is 11.7. The zero-order valence-corrected chi connectivity index (χ0v) is 8.10. The van der Waals surface area contributed by atoms with E-state index in [1.54, 1.807) is 11.9 Å². The number of nitrogens with zero attached hydrogens (tertiary/aromatic N) is 2. The Kier molecular flexibility index (Phi) is 2.50. The Morgan fingerprint density at radius 1 is 1.29 bits per heavy atom. The van der Waals surface area contributed by atoms with E-state index in [0.29, 0.717) is 12.6 Å². The molecule has 0 spiro atoms. The maximum atomic E-state index is 11.7. The minimum Gasteiger partial charge on any atom is -0.342 e. The van der Waals surface area contributed by atoms with Gasteiger partial charge in [0, 0.05) is 20.1 Å². The second-order valence-electron chi connectivity index (χ2n) is 3.32. The van der Waals surface area contributed by atoms with E-state index in [2.05, 4.69) is 5.32 Å². The first kappa shape index (κ1) is 9.21. The van der Waals surface area contributed by atoms with Gasteiger partial charge in [0.15, 0.2) is 6.04 Å². The van der Waals surface area contributed by atoms with Gasteiger partial charge in [-0.25, -0.2) is 5.32 Å². The molecular formula is C11H12N2O. The normalized spacial score (nSPS) is 18.6. The van der Waals surface area contributed by atoms with Crippen LogP contribution in [-0.4, -0.2) is 30.9 Å². The van der Waals surface area contributed by atoms with Gasteiger partial charge in [-0.1, -0.05) is 30.3 Å². The van der Waals surface area contributed by atoms with Gasteiger partial charge in [-0.15, -0.1) is 0 Å². The number of hydrogen-bond donors (Lipinski definition) is 0. The smallest absolute Gasteiger partial charge is 0.251 e. The van der Waals surface area contributed by atoms with Gasteiger partial charge in [-0.3, -0.25) is 4.79 Å². The molecule has 3 heteroatoms. The lowest BCUT2D eigenvalue weighted by atomic mass is 10.0. The van der Waals surface area contributed by atoms with Crippen LogP contribution in [0.15, 0.2) is 30.3 Å². The van der Waals surface area contributed by atoms with Gasteiger partial charge in [0.2, 0.25) is 0 Å². The topological polar surface area (TPSA) is 34.4 Å². The fourth-order valence-electron chi connectivity index (χ4n) is 1.47. The third kappa shape index (κ3) is 1.63. The van der Waals surface area contributed by atoms with Crippen molar-refractivity contribution in [3.05, 3.63) is 41.9 Å². The van der Waals surface area contributed by atoms with Crippen molar-refractivity contribution >= 4 is 5.91 Å². The molecule has 1 aromatic carbocycles. The lowest BCUT2D eigenvalue weighted by Gasteiger charge is -2.28. The lowest BCUT2D eigenvalue weighted by Crippen LogP contribution is -2.45. The van der Waals surface area contributed by atoms with Crippen LogP contribution in [0.25, 0.3) is 0 Å². The molecule has 0 N–H and O–H groups in total. The first-order valence-corrected chi connectivity index (χ1v) is 4.64. The SMILES string of the molecule is CN1CC[N][C](c2ccccc2)C1=O. The first-order valence-electron chi connectivity index (χ1n) is 4.64. The molecule has 1 fully saturated rings. The third-order valence-corrected chi connectivity index (χ3v) is 2.30. The van der Waals surface area contributed by atoms with E-state index in [1.165, 1.54) is 0 Å². The molecule has 1 aliphatic rings. The fourth-order valence-corrected chi connectivity index (χ4v) is 1.47. The number of carbonyl (C=O) groups is 1. The summed E-state index contributed by atoms with van der Waals surface area (Å²) in [6.07, 6.45) is 0. The van der Waals surface area contributed by atoms with Crippen molar-refractivity contribution < 1.29 is 4.79 Å². The second kappa shape index (κ2) is 3.80. The van der Waals surface area contributed by atoms with E-state index in [0.717, 1.165) is 12.1 Å². The molecule has 14 heavy (non-hydrogen) atoms. The van der Waals surface area contributed by atoms with E-state index >= 15 is 0 Å². The molecule has 0 bridgehead atoms. The summed E-state index contributed by atoms with van der Waals surface area (Å²) in [5, 5.41) is 4.26. The third-order valence-electron chi connectivity index (χ3n) is 2.30. The van der Waals surface area contributed by atoms with Crippen LogP contribution in [0.5, 0.6) is 0 Å². The summed E-state index contributed by atoms with van der Waals surface area (Å²) in [6.45, 7) is 1.42. The molecule has 0 saturated carbocycles. The van der Waals surface area contributed by atoms with Crippen molar-refractivity contribution in [1.82, 2.24) is 10.2 Å². The molecule has 72 valence electrons. The number of carbonyl (C=O) groups excluding carboxylic acids is 1. The molecule has 3 nitrogen and oxygen atoms in total. The number of likely N-dealkylation sites (N-methyl/N-ethyl adjacent to an activating group) is 1. The Morgan fingerprint density at radius 2 is 2.00 bits per heavy atom. The van der Waals surface area contributed by atoms with Gasteiger partial charge in [0.05, 0.1) is 0 Å². The Morgan fingerprint density at radius 3 is 2.71 bits per heavy atom. The van der Waals surface area contributed by atoms with Crippen LogP contribution in [0.4, 0.5) is 0 Å². The van der Waals surface area contributed by atoms with Crippen LogP contribution in [-0.2, 0) is 4.79 Å². The maximum Gasteiger partial charge on any atom is 0.251 e. The highest BCUT2D eigenvalue weighted by atomic mass is 16.2. The molecule has 1 heterocycles. The summed E-state index contributed by atoms with van der Waals surface area (Å²) in [7, 11) is 1.81. The number of amides is 1. The monoisotopic (exact) mass is 188 g/mol. The standard InChI is InChI=1S/C11H12N2O/c1-13-8-7-12-10(11(13)14)9-5-3-2-4-6-9/h2-6H,7-8H2,1H3. The highest BCUT2D eigenvalue weighted by molar-refractivity contribution is 5.94. The van der Waals surface area contributed by atoms with Gasteiger partial charge in [-0.05, 0) is 5.56 Å². The van der Waals surface area contributed by atoms with Gasteiger partial charge in [0.1, 0.15) is 0 Å². The van der Waals surface area contributed by atoms with E-state index in [-0.39, 0.29) is 5.91 Å². The van der Waals surface area contributed by atoms with Crippen molar-refractivity contribution in [1.29, 1.82) is 0 Å². The van der Waals surface area contributed by atoms with Crippen LogP contribution in [0, 0.1) is 6.04 Å². The van der Waals surface area contributed by atoms with Gasteiger partial charge in [-0.2, -0.15) is 0 Å². The Labute approximate surface area is 83.7 Å². The van der Waals surface area contributed by atoms with Gasteiger partial charge >= 0.3 is 0 Å². The molecule has 2 rings (SSSR count). The second-order valence-corrected chi connectivity index (χ2v) is 3.32. The average molecular weight is 188 g/mol. The van der Waals surface area contributed by atoms with Crippen molar-refractivity contribution in [2.75, 3.05) is 20.1 Å². The summed E-state index contributed by atoms with van der Waals surface area (Å²) < 4.78 is 0. The highest BCUT2D eigenvalue weighted by Gasteiger charge is 2.29. The molecule has 1 saturated heterocycles. The minimum atomic E-state index is 0.0162. The molecule has 1 aromatic rings. The van der Waals surface area contributed by atoms with E-state index in [4.69, 9.17) is 0 Å². The van der Waals surface area contributed by atoms with Gasteiger partial charge < -0.3 is 4.90 Å². The molecule has 0 unspecified atom stereocenters. The number of piperazine rings is 1.